The van der Waals surface area contributed by atoms with Crippen LogP contribution < -0.4 is 0 Å². The first-order chi connectivity index (χ1) is 9.30. The Hall–Kier alpha value is -1.63. The Balaban J connectivity index is 2.33. The van der Waals surface area contributed by atoms with Gasteiger partial charge in [-0.05, 0) is 26.0 Å². The number of carbonyl (C=O) groups excluding carboxylic acids is 1. The van der Waals surface area contributed by atoms with E-state index < -0.39 is 16.6 Å². The fourth-order valence-corrected chi connectivity index (χ4v) is 3.31. The summed E-state index contributed by atoms with van der Waals surface area (Å²) in [6.45, 7) is 5.03. The van der Waals surface area contributed by atoms with Crippen molar-refractivity contribution in [2.75, 3.05) is 18.8 Å². The minimum atomic E-state index is -0.656. The molecule has 108 valence electrons. The highest BCUT2D eigenvalue weighted by Gasteiger charge is 2.32. The SMILES string of the molecule is CC1(C)CN(C(=O)c2cc(F)ccc2[N+](=O)[O-])CCS1. The average Bonchev–Trinajstić information content (AvgIpc) is 2.36. The number of nitro groups is 1. The smallest absolute Gasteiger partial charge is 0.282 e. The van der Waals surface area contributed by atoms with Crippen molar-refractivity contribution in [2.45, 2.75) is 18.6 Å². The fraction of sp³-hybridized carbons (Fsp3) is 0.462. The number of nitrogens with zero attached hydrogens (tertiary/aromatic N) is 2. The van der Waals surface area contributed by atoms with E-state index in [0.717, 1.165) is 24.0 Å². The number of hydrogen-bond acceptors (Lipinski definition) is 4. The van der Waals surface area contributed by atoms with Crippen LogP contribution in [0.25, 0.3) is 0 Å². The van der Waals surface area contributed by atoms with Gasteiger partial charge >= 0.3 is 0 Å². The maximum Gasteiger partial charge on any atom is 0.282 e. The van der Waals surface area contributed by atoms with Crippen LogP contribution in [0.5, 0.6) is 0 Å². The van der Waals surface area contributed by atoms with Crippen molar-refractivity contribution < 1.29 is 14.1 Å². The van der Waals surface area contributed by atoms with Crippen molar-refractivity contribution >= 4 is 23.4 Å². The largest absolute Gasteiger partial charge is 0.336 e. The number of carbonyl (C=O) groups is 1. The number of benzene rings is 1. The van der Waals surface area contributed by atoms with Crippen molar-refractivity contribution in [3.8, 4) is 0 Å². The van der Waals surface area contributed by atoms with E-state index in [2.05, 4.69) is 0 Å². The molecule has 1 aliphatic rings. The van der Waals surface area contributed by atoms with Gasteiger partial charge in [0.05, 0.1) is 4.92 Å². The first-order valence-corrected chi connectivity index (χ1v) is 7.16. The van der Waals surface area contributed by atoms with E-state index in [1.165, 1.54) is 0 Å². The molecule has 1 saturated heterocycles. The Morgan fingerprint density at radius 1 is 1.50 bits per heavy atom. The molecule has 2 rings (SSSR count). The van der Waals surface area contributed by atoms with Gasteiger partial charge in [0.1, 0.15) is 11.4 Å². The first-order valence-electron chi connectivity index (χ1n) is 6.17. The van der Waals surface area contributed by atoms with Gasteiger partial charge in [-0.25, -0.2) is 4.39 Å². The van der Waals surface area contributed by atoms with Crippen LogP contribution in [-0.4, -0.2) is 39.3 Å². The Kier molecular flexibility index (Phi) is 3.99. The fourth-order valence-electron chi connectivity index (χ4n) is 2.20. The lowest BCUT2D eigenvalue weighted by Crippen LogP contribution is -2.46. The predicted octanol–water partition coefficient (Wildman–Crippen LogP) is 2.70. The van der Waals surface area contributed by atoms with Gasteiger partial charge in [-0.3, -0.25) is 14.9 Å². The van der Waals surface area contributed by atoms with Crippen molar-refractivity contribution in [3.05, 3.63) is 39.7 Å². The second kappa shape index (κ2) is 5.40. The van der Waals surface area contributed by atoms with Crippen LogP contribution in [0.4, 0.5) is 10.1 Å². The van der Waals surface area contributed by atoms with Crippen molar-refractivity contribution in [1.29, 1.82) is 0 Å². The minimum Gasteiger partial charge on any atom is -0.336 e. The number of amides is 1. The number of nitro benzene ring substituents is 1. The summed E-state index contributed by atoms with van der Waals surface area (Å²) < 4.78 is 13.2. The van der Waals surface area contributed by atoms with Gasteiger partial charge < -0.3 is 4.90 Å². The molecule has 7 heteroatoms. The third-order valence-corrected chi connectivity index (χ3v) is 4.40. The third-order valence-electron chi connectivity index (χ3n) is 3.10. The molecule has 1 heterocycles. The van der Waals surface area contributed by atoms with Gasteiger partial charge in [-0.1, -0.05) is 0 Å². The topological polar surface area (TPSA) is 63.5 Å². The summed E-state index contributed by atoms with van der Waals surface area (Å²) in [6.07, 6.45) is 0. The lowest BCUT2D eigenvalue weighted by atomic mass is 10.1. The summed E-state index contributed by atoms with van der Waals surface area (Å²) in [5.74, 6) is -0.365. The third kappa shape index (κ3) is 3.09. The summed E-state index contributed by atoms with van der Waals surface area (Å²) in [6, 6.07) is 2.96. The van der Waals surface area contributed by atoms with Gasteiger partial charge in [0.2, 0.25) is 0 Å². The van der Waals surface area contributed by atoms with Gasteiger partial charge in [-0.2, -0.15) is 11.8 Å². The molecule has 0 saturated carbocycles. The molecule has 0 unspecified atom stereocenters. The van der Waals surface area contributed by atoms with E-state index >= 15 is 0 Å². The first kappa shape index (κ1) is 14.8. The minimum absolute atomic E-state index is 0.101. The maximum absolute atomic E-state index is 13.3. The summed E-state index contributed by atoms with van der Waals surface area (Å²) in [5, 5.41) is 11.0. The van der Waals surface area contributed by atoms with Crippen LogP contribution in [0.15, 0.2) is 18.2 Å². The van der Waals surface area contributed by atoms with Crippen LogP contribution in [0.1, 0.15) is 24.2 Å². The summed E-state index contributed by atoms with van der Waals surface area (Å²) in [5.41, 5.74) is -0.537. The summed E-state index contributed by atoms with van der Waals surface area (Å²) >= 11 is 1.75. The quantitative estimate of drug-likeness (QED) is 0.622. The van der Waals surface area contributed by atoms with Crippen molar-refractivity contribution in [1.82, 2.24) is 4.90 Å². The predicted molar refractivity (Wildman–Crippen MR) is 75.5 cm³/mol. The van der Waals surface area contributed by atoms with Crippen LogP contribution in [0, 0.1) is 15.9 Å². The zero-order chi connectivity index (χ0) is 14.9. The number of halogens is 1. The average molecular weight is 298 g/mol. The highest BCUT2D eigenvalue weighted by atomic mass is 32.2. The van der Waals surface area contributed by atoms with Gasteiger partial charge in [0, 0.05) is 29.7 Å². The summed E-state index contributed by atoms with van der Waals surface area (Å²) in [4.78, 5) is 24.3. The Bertz CT molecular complexity index is 563. The van der Waals surface area contributed by atoms with Gasteiger partial charge in [0.25, 0.3) is 11.6 Å². The molecule has 1 fully saturated rings. The van der Waals surface area contributed by atoms with Crippen LogP contribution in [-0.2, 0) is 0 Å². The number of hydrogen-bond donors (Lipinski definition) is 0. The second-order valence-electron chi connectivity index (χ2n) is 5.25. The van der Waals surface area contributed by atoms with Crippen molar-refractivity contribution in [2.24, 2.45) is 0 Å². The van der Waals surface area contributed by atoms with E-state index in [0.29, 0.717) is 13.1 Å². The highest BCUT2D eigenvalue weighted by molar-refractivity contribution is 8.00. The molecule has 0 bridgehead atoms. The monoisotopic (exact) mass is 298 g/mol. The van der Waals surface area contributed by atoms with Crippen molar-refractivity contribution in [3.63, 3.8) is 0 Å². The molecule has 0 spiro atoms. The summed E-state index contributed by atoms with van der Waals surface area (Å²) in [7, 11) is 0. The van der Waals surface area contributed by atoms with Crippen LogP contribution in [0.3, 0.4) is 0 Å². The number of thioether (sulfide) groups is 1. The zero-order valence-corrected chi connectivity index (χ0v) is 12.1. The normalized spacial score (nSPS) is 17.9. The second-order valence-corrected chi connectivity index (χ2v) is 7.06. The molecule has 1 aliphatic heterocycles. The Morgan fingerprint density at radius 2 is 2.20 bits per heavy atom. The molecule has 1 aromatic carbocycles. The zero-order valence-electron chi connectivity index (χ0n) is 11.3. The van der Waals surface area contributed by atoms with Crippen LogP contribution >= 0.6 is 11.8 Å². The molecule has 1 aromatic rings. The Morgan fingerprint density at radius 3 is 2.80 bits per heavy atom. The standard InChI is InChI=1S/C13H15FN2O3S/c1-13(2)8-15(5-6-20-13)12(17)10-7-9(14)3-4-11(10)16(18)19/h3-4,7H,5-6,8H2,1-2H3. The van der Waals surface area contributed by atoms with Gasteiger partial charge in [0.15, 0.2) is 0 Å². The van der Waals surface area contributed by atoms with E-state index in [1.807, 2.05) is 13.8 Å². The van der Waals surface area contributed by atoms with E-state index in [9.17, 15) is 19.3 Å². The molecule has 0 atom stereocenters. The highest BCUT2D eigenvalue weighted by Crippen LogP contribution is 2.31. The molecular weight excluding hydrogens is 283 g/mol. The molecule has 0 aliphatic carbocycles. The van der Waals surface area contributed by atoms with Gasteiger partial charge in [-0.15, -0.1) is 0 Å². The lowest BCUT2D eigenvalue weighted by Gasteiger charge is -2.37. The molecular formula is C13H15FN2O3S. The molecule has 20 heavy (non-hydrogen) atoms. The van der Waals surface area contributed by atoms with E-state index in [4.69, 9.17) is 0 Å². The lowest BCUT2D eigenvalue weighted by molar-refractivity contribution is -0.385. The molecule has 1 amide bonds. The molecule has 0 aromatic heterocycles. The Labute approximate surface area is 120 Å². The molecule has 0 N–H and O–H groups in total. The maximum atomic E-state index is 13.3. The van der Waals surface area contributed by atoms with E-state index in [1.54, 1.807) is 16.7 Å². The molecule has 0 radical (unpaired) electrons. The van der Waals surface area contributed by atoms with Crippen LogP contribution in [0.2, 0.25) is 0 Å². The number of rotatable bonds is 2. The van der Waals surface area contributed by atoms with E-state index in [-0.39, 0.29) is 16.0 Å². The molecule has 5 nitrogen and oxygen atoms in total.